The van der Waals surface area contributed by atoms with Crippen LogP contribution in [0, 0.1) is 0 Å². The van der Waals surface area contributed by atoms with Crippen LogP contribution in [-0.2, 0) is 0 Å². The molecule has 0 saturated carbocycles. The first-order valence-corrected chi connectivity index (χ1v) is 9.62. The van der Waals surface area contributed by atoms with Gasteiger partial charge in [0.05, 0.1) is 10.0 Å². The Morgan fingerprint density at radius 2 is 2.08 bits per heavy atom. The predicted octanol–water partition coefficient (Wildman–Crippen LogP) is 3.36. The van der Waals surface area contributed by atoms with Gasteiger partial charge in [0.2, 0.25) is 0 Å². The Balaban J connectivity index is 1.52. The van der Waals surface area contributed by atoms with Crippen molar-refractivity contribution in [3.63, 3.8) is 0 Å². The maximum atomic E-state index is 11.8. The van der Waals surface area contributed by atoms with E-state index in [1.807, 2.05) is 0 Å². The Labute approximate surface area is 159 Å². The highest BCUT2D eigenvalue weighted by atomic mass is 35.5. The van der Waals surface area contributed by atoms with Crippen LogP contribution in [0.4, 0.5) is 10.6 Å². The number of nitrogens with one attached hydrogen (secondary N) is 3. The summed E-state index contributed by atoms with van der Waals surface area (Å²) < 4.78 is 0. The summed E-state index contributed by atoms with van der Waals surface area (Å²) in [7, 11) is 0. The van der Waals surface area contributed by atoms with Crippen LogP contribution in [0.15, 0.2) is 12.3 Å². The molecule has 2 rings (SSSR count). The second-order valence-corrected chi connectivity index (χ2v) is 7.17. The monoisotopic (exact) mass is 387 g/mol. The molecule has 0 radical (unpaired) electrons. The van der Waals surface area contributed by atoms with Gasteiger partial charge >= 0.3 is 6.03 Å². The van der Waals surface area contributed by atoms with Gasteiger partial charge in [-0.1, -0.05) is 29.6 Å². The van der Waals surface area contributed by atoms with Crippen molar-refractivity contribution in [1.29, 1.82) is 0 Å². The van der Waals surface area contributed by atoms with E-state index in [4.69, 9.17) is 23.2 Å². The summed E-state index contributed by atoms with van der Waals surface area (Å²) >= 11 is 11.8. The Hall–Kier alpha value is -1.24. The van der Waals surface area contributed by atoms with Crippen molar-refractivity contribution >= 4 is 35.1 Å². The van der Waals surface area contributed by atoms with Gasteiger partial charge in [0.1, 0.15) is 5.82 Å². The standard InChI is InChI=1S/C17H27Cl2N5O/c1-13-5-2-3-9-24(13)10-4-6-21-17(25)22-8-7-20-16-15(19)11-14(18)12-23-16/h11-13H,2-10H2,1H3,(H,20,23)(H2,21,22,25). The van der Waals surface area contributed by atoms with Crippen molar-refractivity contribution in [3.05, 3.63) is 22.3 Å². The van der Waals surface area contributed by atoms with E-state index in [9.17, 15) is 4.79 Å². The molecule has 1 atom stereocenters. The van der Waals surface area contributed by atoms with Crippen LogP contribution >= 0.6 is 23.2 Å². The normalized spacial score (nSPS) is 18.0. The van der Waals surface area contributed by atoms with Gasteiger partial charge in [-0.15, -0.1) is 0 Å². The number of nitrogens with zero attached hydrogens (tertiary/aromatic N) is 2. The molecule has 2 heterocycles. The molecule has 1 fully saturated rings. The molecule has 0 bridgehead atoms. The minimum Gasteiger partial charge on any atom is -0.367 e. The number of halogens is 2. The zero-order valence-corrected chi connectivity index (χ0v) is 16.2. The van der Waals surface area contributed by atoms with E-state index in [0.29, 0.717) is 41.5 Å². The highest BCUT2D eigenvalue weighted by Crippen LogP contribution is 2.22. The van der Waals surface area contributed by atoms with Gasteiger partial charge in [0, 0.05) is 38.4 Å². The molecule has 140 valence electrons. The van der Waals surface area contributed by atoms with Crippen LogP contribution in [-0.4, -0.2) is 54.7 Å². The van der Waals surface area contributed by atoms with Gasteiger partial charge in [0.25, 0.3) is 0 Å². The lowest BCUT2D eigenvalue weighted by Gasteiger charge is -2.33. The molecule has 1 saturated heterocycles. The van der Waals surface area contributed by atoms with E-state index in [-0.39, 0.29) is 6.03 Å². The molecule has 1 aliphatic heterocycles. The molecule has 0 spiro atoms. The molecule has 1 aromatic rings. The summed E-state index contributed by atoms with van der Waals surface area (Å²) in [5.41, 5.74) is 0. The number of hydrogen-bond acceptors (Lipinski definition) is 4. The van der Waals surface area contributed by atoms with Gasteiger partial charge in [-0.2, -0.15) is 0 Å². The Morgan fingerprint density at radius 3 is 2.84 bits per heavy atom. The fourth-order valence-electron chi connectivity index (χ4n) is 2.94. The van der Waals surface area contributed by atoms with Gasteiger partial charge in [-0.05, 0) is 38.8 Å². The summed E-state index contributed by atoms with van der Waals surface area (Å²) in [5.74, 6) is 0.559. The first kappa shape index (κ1) is 20.1. The van der Waals surface area contributed by atoms with Gasteiger partial charge in [-0.25, -0.2) is 9.78 Å². The molecule has 3 N–H and O–H groups in total. The van der Waals surface area contributed by atoms with Crippen LogP contribution in [0.2, 0.25) is 10.0 Å². The largest absolute Gasteiger partial charge is 0.367 e. The van der Waals surface area contributed by atoms with Crippen molar-refractivity contribution in [2.75, 3.05) is 38.0 Å². The molecule has 0 aliphatic carbocycles. The molecule has 1 aliphatic rings. The Morgan fingerprint density at radius 1 is 1.28 bits per heavy atom. The number of rotatable bonds is 8. The first-order valence-electron chi connectivity index (χ1n) is 8.87. The average Bonchev–Trinajstić information content (AvgIpc) is 2.58. The summed E-state index contributed by atoms with van der Waals surface area (Å²) in [6.45, 7) is 6.22. The smallest absolute Gasteiger partial charge is 0.314 e. The van der Waals surface area contributed by atoms with Crippen LogP contribution < -0.4 is 16.0 Å². The number of amides is 2. The maximum absolute atomic E-state index is 11.8. The second kappa shape index (κ2) is 10.7. The van der Waals surface area contributed by atoms with Crippen molar-refractivity contribution in [2.45, 2.75) is 38.6 Å². The lowest BCUT2D eigenvalue weighted by atomic mass is 10.0. The molecule has 0 aromatic carbocycles. The van der Waals surface area contributed by atoms with E-state index in [0.717, 1.165) is 13.0 Å². The van der Waals surface area contributed by atoms with Crippen molar-refractivity contribution in [1.82, 2.24) is 20.5 Å². The Bertz CT molecular complexity index is 558. The molecular formula is C17H27Cl2N5O. The minimum atomic E-state index is -0.149. The zero-order chi connectivity index (χ0) is 18.1. The molecule has 1 aromatic heterocycles. The fourth-order valence-corrected chi connectivity index (χ4v) is 3.38. The van der Waals surface area contributed by atoms with E-state index in [1.54, 1.807) is 6.07 Å². The lowest BCUT2D eigenvalue weighted by Crippen LogP contribution is -2.41. The number of carbonyl (C=O) groups excluding carboxylic acids is 1. The highest BCUT2D eigenvalue weighted by molar-refractivity contribution is 6.35. The molecule has 6 nitrogen and oxygen atoms in total. The van der Waals surface area contributed by atoms with E-state index in [1.165, 1.54) is 32.0 Å². The third-order valence-corrected chi connectivity index (χ3v) is 4.85. The molecule has 2 amide bonds. The van der Waals surface area contributed by atoms with E-state index >= 15 is 0 Å². The second-order valence-electron chi connectivity index (χ2n) is 6.33. The quantitative estimate of drug-likeness (QED) is 0.598. The van der Waals surface area contributed by atoms with Crippen LogP contribution in [0.1, 0.15) is 32.6 Å². The summed E-state index contributed by atoms with van der Waals surface area (Å²) in [6, 6.07) is 2.15. The SMILES string of the molecule is CC1CCCCN1CCCNC(=O)NCCNc1ncc(Cl)cc1Cl. The molecule has 1 unspecified atom stereocenters. The van der Waals surface area contributed by atoms with Crippen molar-refractivity contribution in [3.8, 4) is 0 Å². The Kier molecular flexibility index (Phi) is 8.58. The third kappa shape index (κ3) is 7.26. The number of anilines is 1. The fraction of sp³-hybridized carbons (Fsp3) is 0.647. The van der Waals surface area contributed by atoms with Gasteiger partial charge in [-0.3, -0.25) is 0 Å². The van der Waals surface area contributed by atoms with Crippen LogP contribution in [0.25, 0.3) is 0 Å². The number of piperidine rings is 1. The number of pyridine rings is 1. The zero-order valence-electron chi connectivity index (χ0n) is 14.7. The van der Waals surface area contributed by atoms with Gasteiger partial charge < -0.3 is 20.9 Å². The maximum Gasteiger partial charge on any atom is 0.314 e. The van der Waals surface area contributed by atoms with E-state index < -0.39 is 0 Å². The van der Waals surface area contributed by atoms with Gasteiger partial charge in [0.15, 0.2) is 0 Å². The summed E-state index contributed by atoms with van der Waals surface area (Å²) in [6.07, 6.45) is 6.41. The molecular weight excluding hydrogens is 361 g/mol. The first-order chi connectivity index (χ1) is 12.1. The highest BCUT2D eigenvalue weighted by Gasteiger charge is 2.17. The third-order valence-electron chi connectivity index (χ3n) is 4.36. The number of hydrogen-bond donors (Lipinski definition) is 3. The van der Waals surface area contributed by atoms with E-state index in [2.05, 4.69) is 32.8 Å². The van der Waals surface area contributed by atoms with Crippen molar-refractivity contribution < 1.29 is 4.79 Å². The molecule has 8 heteroatoms. The van der Waals surface area contributed by atoms with Crippen LogP contribution in [0.3, 0.4) is 0 Å². The number of likely N-dealkylation sites (tertiary alicyclic amines) is 1. The average molecular weight is 388 g/mol. The summed E-state index contributed by atoms with van der Waals surface area (Å²) in [4.78, 5) is 18.4. The molecule has 25 heavy (non-hydrogen) atoms. The number of aromatic nitrogens is 1. The topological polar surface area (TPSA) is 69.3 Å². The van der Waals surface area contributed by atoms with Crippen molar-refractivity contribution in [2.24, 2.45) is 0 Å². The van der Waals surface area contributed by atoms with Crippen LogP contribution in [0.5, 0.6) is 0 Å². The number of carbonyl (C=O) groups is 1. The number of urea groups is 1. The minimum absolute atomic E-state index is 0.149. The summed E-state index contributed by atoms with van der Waals surface area (Å²) in [5, 5.41) is 9.71. The predicted molar refractivity (Wildman–Crippen MR) is 104 cm³/mol. The lowest BCUT2D eigenvalue weighted by molar-refractivity contribution is 0.159.